The number of hydrogen-bond acceptors (Lipinski definition) is 12. The lowest BCUT2D eigenvalue weighted by Gasteiger charge is -2.24. The molecule has 3 rings (SSSR count). The highest BCUT2D eigenvalue weighted by atomic mass is 32.3. The Hall–Kier alpha value is -1.98. The normalized spacial score (nSPS) is 24.5. The van der Waals surface area contributed by atoms with Gasteiger partial charge in [0.2, 0.25) is 0 Å². The fourth-order valence-electron chi connectivity index (χ4n) is 3.64. The van der Waals surface area contributed by atoms with E-state index in [1.807, 2.05) is 11.9 Å². The first-order chi connectivity index (χ1) is 14.6. The minimum atomic E-state index is -4.84. The molecule has 0 aromatic carbocycles. The summed E-state index contributed by atoms with van der Waals surface area (Å²) < 4.78 is 44.3. The van der Waals surface area contributed by atoms with Gasteiger partial charge < -0.3 is 25.3 Å². The van der Waals surface area contributed by atoms with Gasteiger partial charge in [0.15, 0.2) is 23.2 Å². The molecule has 14 nitrogen and oxygen atoms in total. The van der Waals surface area contributed by atoms with E-state index < -0.39 is 34.9 Å². The van der Waals surface area contributed by atoms with Gasteiger partial charge in [-0.25, -0.2) is 25.0 Å². The van der Waals surface area contributed by atoms with Crippen LogP contribution in [0.25, 0.3) is 11.2 Å². The molecule has 2 aromatic rings. The standard InChI is InChI=1S/C16H27N7O7S/c1-9-21-11-14(17)19-8-20-15(11)23(9)16-12(24)13(30-31(25,26)27)10(29-16)7-22(2)5-3-4-6-28-18/h8,10,12-13,16,24H,3-7,18H2,1-2H3,(H2,17,19,20)(H,25,26,27)/t10-,12-,13-,16-/m1/s1. The van der Waals surface area contributed by atoms with Gasteiger partial charge >= 0.3 is 10.4 Å². The van der Waals surface area contributed by atoms with E-state index in [1.54, 1.807) is 6.92 Å². The van der Waals surface area contributed by atoms with Crippen molar-refractivity contribution >= 4 is 27.4 Å². The molecule has 3 heterocycles. The van der Waals surface area contributed by atoms with Crippen LogP contribution in [0.5, 0.6) is 0 Å². The van der Waals surface area contributed by atoms with Crippen molar-refractivity contribution in [1.82, 2.24) is 24.4 Å². The minimum Gasteiger partial charge on any atom is -0.385 e. The van der Waals surface area contributed by atoms with E-state index in [0.717, 1.165) is 12.8 Å². The van der Waals surface area contributed by atoms with Gasteiger partial charge in [-0.3, -0.25) is 9.12 Å². The van der Waals surface area contributed by atoms with Crippen LogP contribution in [0.3, 0.4) is 0 Å². The molecule has 0 radical (unpaired) electrons. The summed E-state index contributed by atoms with van der Waals surface area (Å²) in [7, 11) is -3.04. The molecule has 6 N–H and O–H groups in total. The van der Waals surface area contributed by atoms with Crippen molar-refractivity contribution in [3.05, 3.63) is 12.2 Å². The van der Waals surface area contributed by atoms with E-state index in [2.05, 4.69) is 19.8 Å². The molecule has 1 saturated heterocycles. The second-order valence-corrected chi connectivity index (χ2v) is 8.39. The van der Waals surface area contributed by atoms with Crippen molar-refractivity contribution in [2.75, 3.05) is 32.5 Å². The van der Waals surface area contributed by atoms with Crippen molar-refractivity contribution in [2.45, 2.75) is 44.3 Å². The van der Waals surface area contributed by atoms with E-state index >= 15 is 0 Å². The topological polar surface area (TPSA) is 201 Å². The SMILES string of the molecule is Cc1nc2c(N)ncnc2n1[C@@H]1O[C@H](CN(C)CCCCON)[C@@H](OS(=O)(=O)O)[C@H]1O. The van der Waals surface area contributed by atoms with Crippen LogP contribution in [0.1, 0.15) is 24.9 Å². The summed E-state index contributed by atoms with van der Waals surface area (Å²) in [4.78, 5) is 18.8. The number of nitrogen functional groups attached to an aromatic ring is 1. The van der Waals surface area contributed by atoms with Gasteiger partial charge in [0.1, 0.15) is 30.5 Å². The summed E-state index contributed by atoms with van der Waals surface area (Å²) in [6, 6.07) is 0. The molecular weight excluding hydrogens is 434 g/mol. The molecule has 1 aliphatic heterocycles. The molecule has 0 bridgehead atoms. The van der Waals surface area contributed by atoms with Gasteiger partial charge in [-0.2, -0.15) is 8.42 Å². The van der Waals surface area contributed by atoms with E-state index in [0.29, 0.717) is 30.1 Å². The maximum Gasteiger partial charge on any atom is 0.397 e. The fourth-order valence-corrected chi connectivity index (χ4v) is 4.16. The zero-order valence-corrected chi connectivity index (χ0v) is 18.0. The van der Waals surface area contributed by atoms with Crippen LogP contribution < -0.4 is 11.6 Å². The Bertz CT molecular complexity index is 1000. The predicted octanol–water partition coefficient (Wildman–Crippen LogP) is -1.23. The molecule has 1 fully saturated rings. The number of fused-ring (bicyclic) bond motifs is 1. The first-order valence-corrected chi connectivity index (χ1v) is 10.9. The fraction of sp³-hybridized carbons (Fsp3) is 0.688. The Morgan fingerprint density at radius 2 is 2.10 bits per heavy atom. The monoisotopic (exact) mass is 461 g/mol. The predicted molar refractivity (Wildman–Crippen MR) is 108 cm³/mol. The zero-order chi connectivity index (χ0) is 22.8. The number of likely N-dealkylation sites (N-methyl/N-ethyl adjacent to an activating group) is 1. The molecule has 4 atom stereocenters. The highest BCUT2D eigenvalue weighted by Crippen LogP contribution is 2.35. The largest absolute Gasteiger partial charge is 0.397 e. The number of nitrogens with zero attached hydrogens (tertiary/aromatic N) is 5. The number of ether oxygens (including phenoxy) is 1. The van der Waals surface area contributed by atoms with Crippen LogP contribution in [-0.2, 0) is 24.2 Å². The Labute approximate surface area is 179 Å². The van der Waals surface area contributed by atoms with Crippen LogP contribution in [0, 0.1) is 6.92 Å². The van der Waals surface area contributed by atoms with Crippen LogP contribution >= 0.6 is 0 Å². The highest BCUT2D eigenvalue weighted by molar-refractivity contribution is 7.80. The number of rotatable bonds is 10. The number of aryl methyl sites for hydroxylation is 1. The van der Waals surface area contributed by atoms with Crippen molar-refractivity contribution < 1.29 is 31.8 Å². The summed E-state index contributed by atoms with van der Waals surface area (Å²) >= 11 is 0. The van der Waals surface area contributed by atoms with Crippen LogP contribution in [0.15, 0.2) is 6.33 Å². The zero-order valence-electron chi connectivity index (χ0n) is 17.2. The van der Waals surface area contributed by atoms with Crippen molar-refractivity contribution in [2.24, 2.45) is 5.90 Å². The molecule has 15 heteroatoms. The average molecular weight is 462 g/mol. The third kappa shape index (κ3) is 5.45. The number of anilines is 1. The number of imidazole rings is 1. The van der Waals surface area contributed by atoms with Crippen LogP contribution in [0.2, 0.25) is 0 Å². The molecule has 174 valence electrons. The number of aromatic nitrogens is 4. The number of aliphatic hydroxyl groups is 1. The molecule has 0 unspecified atom stereocenters. The van der Waals surface area contributed by atoms with Gasteiger partial charge in [-0.1, -0.05) is 0 Å². The molecule has 0 aliphatic carbocycles. The minimum absolute atomic E-state index is 0.155. The molecule has 0 spiro atoms. The molecule has 31 heavy (non-hydrogen) atoms. The Balaban J connectivity index is 1.85. The van der Waals surface area contributed by atoms with Crippen LogP contribution in [-0.4, -0.2) is 87.6 Å². The highest BCUT2D eigenvalue weighted by Gasteiger charge is 2.48. The summed E-state index contributed by atoms with van der Waals surface area (Å²) in [5, 5.41) is 10.9. The van der Waals surface area contributed by atoms with E-state index in [1.165, 1.54) is 10.9 Å². The number of aliphatic hydroxyl groups excluding tert-OH is 1. The van der Waals surface area contributed by atoms with Gasteiger partial charge in [0.05, 0.1) is 6.61 Å². The number of hydrogen-bond donors (Lipinski definition) is 4. The summed E-state index contributed by atoms with van der Waals surface area (Å²) in [6.45, 7) is 2.94. The van der Waals surface area contributed by atoms with Crippen LogP contribution in [0.4, 0.5) is 5.82 Å². The van der Waals surface area contributed by atoms with Gasteiger partial charge in [-0.15, -0.1) is 0 Å². The first-order valence-electron chi connectivity index (χ1n) is 9.57. The lowest BCUT2D eigenvalue weighted by Crippen LogP contribution is -2.41. The smallest absolute Gasteiger partial charge is 0.385 e. The summed E-state index contributed by atoms with van der Waals surface area (Å²) in [6.07, 6.45) is -1.99. The molecule has 2 aromatic heterocycles. The number of nitrogens with two attached hydrogens (primary N) is 2. The summed E-state index contributed by atoms with van der Waals surface area (Å²) in [5.74, 6) is 5.59. The number of unbranched alkanes of at least 4 members (excludes halogenated alkanes) is 1. The van der Waals surface area contributed by atoms with Gasteiger partial charge in [0, 0.05) is 6.54 Å². The Morgan fingerprint density at radius 1 is 1.35 bits per heavy atom. The van der Waals surface area contributed by atoms with E-state index in [4.69, 9.17) is 20.6 Å². The van der Waals surface area contributed by atoms with Crippen molar-refractivity contribution in [3.8, 4) is 0 Å². The van der Waals surface area contributed by atoms with Gasteiger partial charge in [0.25, 0.3) is 0 Å². The van der Waals surface area contributed by atoms with Crippen molar-refractivity contribution in [1.29, 1.82) is 0 Å². The first kappa shape index (κ1) is 23.7. The molecule has 1 aliphatic rings. The third-order valence-corrected chi connectivity index (χ3v) is 5.49. The van der Waals surface area contributed by atoms with Crippen molar-refractivity contribution in [3.63, 3.8) is 0 Å². The molecule has 0 amide bonds. The third-order valence-electron chi connectivity index (χ3n) is 5.02. The Morgan fingerprint density at radius 3 is 2.77 bits per heavy atom. The van der Waals surface area contributed by atoms with E-state index in [-0.39, 0.29) is 12.4 Å². The summed E-state index contributed by atoms with van der Waals surface area (Å²) in [5.41, 5.74) is 6.49. The second-order valence-electron chi connectivity index (χ2n) is 7.34. The second kappa shape index (κ2) is 9.66. The lowest BCUT2D eigenvalue weighted by molar-refractivity contribution is -0.0430. The van der Waals surface area contributed by atoms with Gasteiger partial charge in [-0.05, 0) is 33.4 Å². The molecular formula is C16H27N7O7S. The maximum absolute atomic E-state index is 11.4. The lowest BCUT2D eigenvalue weighted by atomic mass is 10.1. The Kier molecular flexibility index (Phi) is 7.38. The molecule has 0 saturated carbocycles. The van der Waals surface area contributed by atoms with E-state index in [9.17, 15) is 18.1 Å². The maximum atomic E-state index is 11.4. The quantitative estimate of drug-likeness (QED) is 0.186. The average Bonchev–Trinajstić information content (AvgIpc) is 3.16.